The second kappa shape index (κ2) is 9.89. The molecule has 0 saturated carbocycles. The first-order chi connectivity index (χ1) is 18.2. The Kier molecular flexibility index (Phi) is 6.90. The average molecular weight is 535 g/mol. The molecule has 200 valence electrons. The van der Waals surface area contributed by atoms with E-state index in [9.17, 15) is 19.5 Å². The summed E-state index contributed by atoms with van der Waals surface area (Å²) in [7, 11) is 0. The molecule has 3 aliphatic heterocycles. The molecule has 5 rings (SSSR count). The standard InChI is InChI=1S/C30H34N2O5S/c1-5-15-31(22-12-11-20-9-7-8-10-21(20)17-22)27(35)25-30-14-13-29(4,38-30)24(28(36)37-16-6-2)23(30)26(34)32(25)19(3)18-33/h5-12,17,19,23-25,33H,1-2,13-16,18H2,3-4H3/t19-,23+,24-,25?,29+,30?/m1/s1. The van der Waals surface area contributed by atoms with Crippen LogP contribution in [0.3, 0.4) is 0 Å². The summed E-state index contributed by atoms with van der Waals surface area (Å²) in [4.78, 5) is 45.2. The van der Waals surface area contributed by atoms with Gasteiger partial charge in [0.05, 0.1) is 29.2 Å². The third-order valence-electron chi connectivity index (χ3n) is 8.41. The fourth-order valence-corrected chi connectivity index (χ4v) is 9.06. The highest BCUT2D eigenvalue weighted by atomic mass is 32.2. The number of hydrogen-bond acceptors (Lipinski definition) is 6. The number of aliphatic hydroxyl groups excluding tert-OH is 1. The number of likely N-dealkylation sites (tertiary alicyclic amines) is 1. The zero-order valence-electron chi connectivity index (χ0n) is 21.8. The van der Waals surface area contributed by atoms with Crippen molar-refractivity contribution >= 4 is 46.0 Å². The predicted molar refractivity (Wildman–Crippen MR) is 150 cm³/mol. The van der Waals surface area contributed by atoms with E-state index in [1.807, 2.05) is 49.4 Å². The Morgan fingerprint density at radius 3 is 2.63 bits per heavy atom. The van der Waals surface area contributed by atoms with E-state index in [2.05, 4.69) is 13.2 Å². The average Bonchev–Trinajstić information content (AvgIpc) is 3.50. The van der Waals surface area contributed by atoms with Gasteiger partial charge >= 0.3 is 5.97 Å². The Labute approximate surface area is 227 Å². The van der Waals surface area contributed by atoms with Crippen molar-refractivity contribution < 1.29 is 24.2 Å². The highest BCUT2D eigenvalue weighted by molar-refractivity contribution is 8.02. The Bertz CT molecular complexity index is 1310. The molecule has 6 atom stereocenters. The van der Waals surface area contributed by atoms with Crippen LogP contribution in [0.25, 0.3) is 10.8 Å². The van der Waals surface area contributed by atoms with E-state index in [0.717, 1.165) is 10.8 Å². The molecule has 38 heavy (non-hydrogen) atoms. The van der Waals surface area contributed by atoms with E-state index < -0.39 is 39.4 Å². The van der Waals surface area contributed by atoms with E-state index in [0.29, 0.717) is 18.5 Å². The van der Waals surface area contributed by atoms with E-state index >= 15 is 0 Å². The van der Waals surface area contributed by atoms with Crippen LogP contribution in [0.1, 0.15) is 26.7 Å². The molecule has 2 bridgehead atoms. The van der Waals surface area contributed by atoms with Crippen LogP contribution < -0.4 is 4.90 Å². The van der Waals surface area contributed by atoms with Gasteiger partial charge < -0.3 is 19.6 Å². The smallest absolute Gasteiger partial charge is 0.311 e. The van der Waals surface area contributed by atoms with E-state index in [-0.39, 0.29) is 31.6 Å². The van der Waals surface area contributed by atoms with Gasteiger partial charge in [0.1, 0.15) is 12.6 Å². The Balaban J connectivity index is 1.60. The topological polar surface area (TPSA) is 87.1 Å². The van der Waals surface area contributed by atoms with E-state index in [1.165, 1.54) is 11.0 Å². The number of nitrogens with zero attached hydrogens (tertiary/aromatic N) is 2. The molecule has 0 radical (unpaired) electrons. The summed E-state index contributed by atoms with van der Waals surface area (Å²) in [5.74, 6) is -2.30. The maximum atomic E-state index is 14.6. The molecule has 8 heteroatoms. The van der Waals surface area contributed by atoms with Gasteiger partial charge in [0.25, 0.3) is 5.91 Å². The van der Waals surface area contributed by atoms with Gasteiger partial charge in [0.2, 0.25) is 5.91 Å². The number of carbonyl (C=O) groups is 3. The zero-order valence-corrected chi connectivity index (χ0v) is 22.7. The van der Waals surface area contributed by atoms with Crippen LogP contribution in [0.2, 0.25) is 0 Å². The SMILES string of the molecule is C=CCOC(=O)[C@H]1[C@H]2C(=O)N([C@H](C)CO)C(C(=O)N(CC=C)c3ccc4ccccc4c3)C23CC[C@]1(C)S3. The van der Waals surface area contributed by atoms with Crippen LogP contribution >= 0.6 is 11.8 Å². The monoisotopic (exact) mass is 534 g/mol. The van der Waals surface area contributed by atoms with Gasteiger partial charge in [0.15, 0.2) is 0 Å². The number of ether oxygens (including phenoxy) is 1. The summed E-state index contributed by atoms with van der Waals surface area (Å²) >= 11 is 1.58. The van der Waals surface area contributed by atoms with Crippen molar-refractivity contribution in [1.82, 2.24) is 4.90 Å². The molecule has 3 saturated heterocycles. The number of thioether (sulfide) groups is 1. The van der Waals surface area contributed by atoms with Crippen LogP contribution in [0.4, 0.5) is 5.69 Å². The Morgan fingerprint density at radius 1 is 1.21 bits per heavy atom. The second-order valence-electron chi connectivity index (χ2n) is 10.7. The molecular weight excluding hydrogens is 500 g/mol. The van der Waals surface area contributed by atoms with Crippen molar-refractivity contribution in [1.29, 1.82) is 0 Å². The summed E-state index contributed by atoms with van der Waals surface area (Å²) in [6.07, 6.45) is 4.50. The van der Waals surface area contributed by atoms with Gasteiger partial charge in [-0.05, 0) is 49.6 Å². The molecule has 3 heterocycles. The third kappa shape index (κ3) is 3.88. The number of carbonyl (C=O) groups excluding carboxylic acids is 3. The number of rotatable bonds is 9. The molecule has 2 aromatic rings. The number of benzene rings is 2. The predicted octanol–water partition coefficient (Wildman–Crippen LogP) is 3.95. The van der Waals surface area contributed by atoms with Crippen LogP contribution in [0.15, 0.2) is 67.8 Å². The maximum absolute atomic E-state index is 14.6. The summed E-state index contributed by atoms with van der Waals surface area (Å²) in [6.45, 7) is 11.3. The number of esters is 1. The normalized spacial score (nSPS) is 30.2. The van der Waals surface area contributed by atoms with E-state index in [1.54, 1.807) is 29.7 Å². The van der Waals surface area contributed by atoms with Crippen molar-refractivity contribution in [3.8, 4) is 0 Å². The molecule has 1 N–H and O–H groups in total. The minimum absolute atomic E-state index is 0.0676. The molecule has 0 aliphatic carbocycles. The number of hydrogen-bond donors (Lipinski definition) is 1. The minimum atomic E-state index is -0.836. The molecule has 3 fully saturated rings. The molecule has 0 aromatic heterocycles. The summed E-state index contributed by atoms with van der Waals surface area (Å²) < 4.78 is 4.15. The number of anilines is 1. The number of fused-ring (bicyclic) bond motifs is 2. The minimum Gasteiger partial charge on any atom is -0.461 e. The van der Waals surface area contributed by atoms with Gasteiger partial charge in [-0.15, -0.1) is 18.3 Å². The van der Waals surface area contributed by atoms with Crippen LogP contribution in [0.5, 0.6) is 0 Å². The van der Waals surface area contributed by atoms with Crippen LogP contribution in [0, 0.1) is 11.8 Å². The van der Waals surface area contributed by atoms with Crippen molar-refractivity contribution in [2.75, 3.05) is 24.7 Å². The number of aliphatic hydroxyl groups is 1. The fourth-order valence-electron chi connectivity index (χ4n) is 6.74. The Hall–Kier alpha value is -3.10. The van der Waals surface area contributed by atoms with Crippen molar-refractivity contribution in [3.63, 3.8) is 0 Å². The lowest BCUT2D eigenvalue weighted by Gasteiger charge is -2.38. The van der Waals surface area contributed by atoms with Crippen LogP contribution in [-0.4, -0.2) is 69.1 Å². The quantitative estimate of drug-likeness (QED) is 0.387. The summed E-state index contributed by atoms with van der Waals surface area (Å²) in [5, 5.41) is 12.2. The third-order valence-corrected chi connectivity index (χ3v) is 10.4. The Morgan fingerprint density at radius 2 is 1.95 bits per heavy atom. The highest BCUT2D eigenvalue weighted by Gasteiger charge is 2.78. The summed E-state index contributed by atoms with van der Waals surface area (Å²) in [6, 6.07) is 12.4. The largest absolute Gasteiger partial charge is 0.461 e. The lowest BCUT2D eigenvalue weighted by molar-refractivity contribution is -0.155. The molecule has 1 spiro atoms. The first kappa shape index (κ1) is 26.5. The second-order valence-corrected chi connectivity index (χ2v) is 12.6. The molecule has 2 amide bonds. The first-order valence-electron chi connectivity index (χ1n) is 13.0. The number of amides is 2. The van der Waals surface area contributed by atoms with Gasteiger partial charge in [-0.3, -0.25) is 14.4 Å². The summed E-state index contributed by atoms with van der Waals surface area (Å²) in [5.41, 5.74) is 0.711. The van der Waals surface area contributed by atoms with Crippen molar-refractivity contribution in [3.05, 3.63) is 67.8 Å². The molecular formula is C30H34N2O5S. The fraction of sp³-hybridized carbons (Fsp3) is 0.433. The van der Waals surface area contributed by atoms with Gasteiger partial charge in [0, 0.05) is 17.0 Å². The molecule has 2 aromatic carbocycles. The molecule has 2 unspecified atom stereocenters. The highest BCUT2D eigenvalue weighted by Crippen LogP contribution is 2.71. The first-order valence-corrected chi connectivity index (χ1v) is 13.9. The zero-order chi connectivity index (χ0) is 27.2. The van der Waals surface area contributed by atoms with Crippen molar-refractivity contribution in [2.24, 2.45) is 11.8 Å². The van der Waals surface area contributed by atoms with Crippen LogP contribution in [-0.2, 0) is 19.1 Å². The van der Waals surface area contributed by atoms with Crippen molar-refractivity contribution in [2.45, 2.75) is 48.3 Å². The lowest BCUT2D eigenvalue weighted by atomic mass is 9.66. The molecule has 7 nitrogen and oxygen atoms in total. The van der Waals surface area contributed by atoms with E-state index in [4.69, 9.17) is 4.74 Å². The van der Waals surface area contributed by atoms with Gasteiger partial charge in [-0.25, -0.2) is 0 Å². The maximum Gasteiger partial charge on any atom is 0.311 e. The lowest BCUT2D eigenvalue weighted by Crippen LogP contribution is -2.57. The van der Waals surface area contributed by atoms with Gasteiger partial charge in [-0.2, -0.15) is 0 Å². The molecule has 3 aliphatic rings. The van der Waals surface area contributed by atoms with Gasteiger partial charge in [-0.1, -0.05) is 49.1 Å².